The van der Waals surface area contributed by atoms with Crippen molar-refractivity contribution >= 4 is 17.1 Å². The fraction of sp³-hybridized carbons (Fsp3) is 0.176. The third-order valence-corrected chi connectivity index (χ3v) is 3.28. The Bertz CT molecular complexity index is 834. The molecule has 0 bridgehead atoms. The number of carbonyl (C=O) groups is 1. The van der Waals surface area contributed by atoms with Crippen molar-refractivity contribution in [3.8, 4) is 17.2 Å². The van der Waals surface area contributed by atoms with E-state index in [1.54, 1.807) is 24.3 Å². The van der Waals surface area contributed by atoms with Gasteiger partial charge in [-0.25, -0.2) is 9.78 Å². The van der Waals surface area contributed by atoms with Crippen LogP contribution in [0.4, 0.5) is 0 Å². The minimum atomic E-state index is -1.01. The molecule has 0 spiro atoms. The van der Waals surface area contributed by atoms with Gasteiger partial charge in [0, 0.05) is 5.56 Å². The number of hydrogen-bond donors (Lipinski definition) is 1. The monoisotopic (exact) mass is 297 g/mol. The summed E-state index contributed by atoms with van der Waals surface area (Å²) in [6.07, 6.45) is 0. The van der Waals surface area contributed by atoms with Crippen molar-refractivity contribution in [3.63, 3.8) is 0 Å². The second kappa shape index (κ2) is 5.52. The van der Waals surface area contributed by atoms with Gasteiger partial charge in [-0.2, -0.15) is 0 Å². The summed E-state index contributed by atoms with van der Waals surface area (Å²) >= 11 is 0. The highest BCUT2D eigenvalue weighted by molar-refractivity contribution is 5.80. The zero-order chi connectivity index (χ0) is 15.7. The normalized spacial score (nSPS) is 10.8. The molecule has 0 saturated carbocycles. The lowest BCUT2D eigenvalue weighted by molar-refractivity contribution is -0.139. The quantitative estimate of drug-likeness (QED) is 0.797. The van der Waals surface area contributed by atoms with Gasteiger partial charge in [0.25, 0.3) is 0 Å². The fourth-order valence-corrected chi connectivity index (χ4v) is 2.34. The van der Waals surface area contributed by atoms with Gasteiger partial charge in [0.15, 0.2) is 12.2 Å². The summed E-state index contributed by atoms with van der Waals surface area (Å²) in [5, 5.41) is 8.59. The molecule has 1 aromatic heterocycles. The van der Waals surface area contributed by atoms with E-state index in [-0.39, 0.29) is 6.61 Å². The van der Waals surface area contributed by atoms with Crippen molar-refractivity contribution in [3.05, 3.63) is 47.5 Å². The van der Waals surface area contributed by atoms with Crippen molar-refractivity contribution in [2.75, 3.05) is 6.61 Å². The highest BCUT2D eigenvalue weighted by Gasteiger charge is 2.11. The zero-order valence-electron chi connectivity index (χ0n) is 12.3. The van der Waals surface area contributed by atoms with Gasteiger partial charge in [-0.15, -0.1) is 0 Å². The van der Waals surface area contributed by atoms with Crippen molar-refractivity contribution in [1.29, 1.82) is 0 Å². The van der Waals surface area contributed by atoms with Crippen molar-refractivity contribution in [2.24, 2.45) is 0 Å². The average molecular weight is 297 g/mol. The Balaban J connectivity index is 1.91. The second-order valence-corrected chi connectivity index (χ2v) is 5.16. The minimum absolute atomic E-state index is 0.360. The summed E-state index contributed by atoms with van der Waals surface area (Å²) in [6.45, 7) is 3.66. The summed E-state index contributed by atoms with van der Waals surface area (Å²) < 4.78 is 10.9. The molecule has 112 valence electrons. The summed E-state index contributed by atoms with van der Waals surface area (Å²) in [5.41, 5.74) is 4.62. The minimum Gasteiger partial charge on any atom is -0.482 e. The smallest absolute Gasteiger partial charge is 0.341 e. The first-order chi connectivity index (χ1) is 10.5. The topological polar surface area (TPSA) is 72.6 Å². The van der Waals surface area contributed by atoms with Crippen LogP contribution in [-0.4, -0.2) is 22.7 Å². The number of carboxylic acid groups (broad SMARTS) is 1. The largest absolute Gasteiger partial charge is 0.482 e. The van der Waals surface area contributed by atoms with Crippen LogP contribution in [0.5, 0.6) is 5.75 Å². The number of hydrogen-bond acceptors (Lipinski definition) is 4. The molecule has 0 unspecified atom stereocenters. The maximum Gasteiger partial charge on any atom is 0.341 e. The molecule has 0 aliphatic heterocycles. The van der Waals surface area contributed by atoms with E-state index in [1.165, 1.54) is 0 Å². The lowest BCUT2D eigenvalue weighted by Crippen LogP contribution is -2.09. The van der Waals surface area contributed by atoms with Crippen LogP contribution in [0, 0.1) is 13.8 Å². The van der Waals surface area contributed by atoms with Crippen molar-refractivity contribution in [2.45, 2.75) is 13.8 Å². The van der Waals surface area contributed by atoms with E-state index in [0.717, 1.165) is 27.8 Å². The number of aliphatic carboxylic acids is 1. The van der Waals surface area contributed by atoms with Gasteiger partial charge in [0.2, 0.25) is 5.89 Å². The van der Waals surface area contributed by atoms with Gasteiger partial charge in [-0.05, 0) is 55.3 Å². The van der Waals surface area contributed by atoms with Gasteiger partial charge in [0.05, 0.1) is 0 Å². The molecule has 22 heavy (non-hydrogen) atoms. The van der Waals surface area contributed by atoms with Crippen LogP contribution >= 0.6 is 0 Å². The highest BCUT2D eigenvalue weighted by Crippen LogP contribution is 2.28. The molecule has 0 amide bonds. The molecule has 1 heterocycles. The molecule has 0 aliphatic rings. The first-order valence-electron chi connectivity index (χ1n) is 6.86. The summed E-state index contributed by atoms with van der Waals surface area (Å²) in [6, 6.07) is 11.0. The molecule has 5 nitrogen and oxygen atoms in total. The standard InChI is InChI=1S/C17H15NO4/c1-10-7-11(2)16-14(8-10)18-17(22-16)12-3-5-13(6-4-12)21-9-15(19)20/h3-8H,9H2,1-2H3,(H,19,20). The number of aryl methyl sites for hydroxylation is 2. The van der Waals surface area contributed by atoms with Crippen molar-refractivity contribution in [1.82, 2.24) is 4.98 Å². The predicted octanol–water partition coefficient (Wildman–Crippen LogP) is 3.58. The third kappa shape index (κ3) is 2.79. The van der Waals surface area contributed by atoms with Gasteiger partial charge in [-0.3, -0.25) is 0 Å². The molecule has 5 heteroatoms. The molecule has 2 aromatic carbocycles. The number of benzene rings is 2. The number of ether oxygens (including phenoxy) is 1. The van der Waals surface area contributed by atoms with E-state index in [2.05, 4.69) is 11.1 Å². The third-order valence-electron chi connectivity index (χ3n) is 3.28. The Morgan fingerprint density at radius 2 is 1.95 bits per heavy atom. The van der Waals surface area contributed by atoms with Crippen LogP contribution in [0.25, 0.3) is 22.6 Å². The van der Waals surface area contributed by atoms with Crippen LogP contribution in [0.3, 0.4) is 0 Å². The lowest BCUT2D eigenvalue weighted by Gasteiger charge is -2.03. The van der Waals surface area contributed by atoms with Gasteiger partial charge in [0.1, 0.15) is 11.3 Å². The number of nitrogens with zero attached hydrogens (tertiary/aromatic N) is 1. The molecular formula is C17H15NO4. The summed E-state index contributed by atoms with van der Waals surface area (Å²) in [4.78, 5) is 15.0. The van der Waals surface area contributed by atoms with Gasteiger partial charge in [-0.1, -0.05) is 6.07 Å². The molecule has 0 radical (unpaired) electrons. The fourth-order valence-electron chi connectivity index (χ4n) is 2.34. The van der Waals surface area contributed by atoms with Crippen LogP contribution < -0.4 is 4.74 Å². The molecular weight excluding hydrogens is 282 g/mol. The van der Waals surface area contributed by atoms with Crippen molar-refractivity contribution < 1.29 is 19.1 Å². The lowest BCUT2D eigenvalue weighted by atomic mass is 10.1. The molecule has 1 N–H and O–H groups in total. The SMILES string of the molecule is Cc1cc(C)c2oc(-c3ccc(OCC(=O)O)cc3)nc2c1. The van der Waals surface area contributed by atoms with E-state index in [9.17, 15) is 4.79 Å². The first kappa shape index (κ1) is 14.1. The number of rotatable bonds is 4. The van der Waals surface area contributed by atoms with Crippen LogP contribution in [0.1, 0.15) is 11.1 Å². The zero-order valence-corrected chi connectivity index (χ0v) is 12.3. The molecule has 0 atom stereocenters. The maximum atomic E-state index is 10.5. The van der Waals surface area contributed by atoms with E-state index < -0.39 is 5.97 Å². The summed E-state index contributed by atoms with van der Waals surface area (Å²) in [5.74, 6) is 0.0247. The molecule has 0 aliphatic carbocycles. The second-order valence-electron chi connectivity index (χ2n) is 5.16. The number of aromatic nitrogens is 1. The summed E-state index contributed by atoms with van der Waals surface area (Å²) in [7, 11) is 0. The van der Waals surface area contributed by atoms with E-state index in [0.29, 0.717) is 11.6 Å². The Labute approximate surface area is 127 Å². The van der Waals surface area contributed by atoms with E-state index >= 15 is 0 Å². The van der Waals surface area contributed by atoms with Crippen LogP contribution in [-0.2, 0) is 4.79 Å². The predicted molar refractivity (Wildman–Crippen MR) is 82.0 cm³/mol. The Morgan fingerprint density at radius 3 is 2.64 bits per heavy atom. The Hall–Kier alpha value is -2.82. The number of carboxylic acids is 1. The molecule has 0 fully saturated rings. The highest BCUT2D eigenvalue weighted by atomic mass is 16.5. The Kier molecular flexibility index (Phi) is 3.55. The number of fused-ring (bicyclic) bond motifs is 1. The number of oxazole rings is 1. The average Bonchev–Trinajstić information content (AvgIpc) is 2.90. The van der Waals surface area contributed by atoms with E-state index in [4.69, 9.17) is 14.3 Å². The van der Waals surface area contributed by atoms with Gasteiger partial charge >= 0.3 is 5.97 Å². The molecule has 3 aromatic rings. The van der Waals surface area contributed by atoms with E-state index in [1.807, 2.05) is 19.9 Å². The van der Waals surface area contributed by atoms with Gasteiger partial charge < -0.3 is 14.3 Å². The maximum absolute atomic E-state index is 10.5. The Morgan fingerprint density at radius 1 is 1.23 bits per heavy atom. The molecule has 0 saturated heterocycles. The van der Waals surface area contributed by atoms with Crippen LogP contribution in [0.2, 0.25) is 0 Å². The van der Waals surface area contributed by atoms with Crippen LogP contribution in [0.15, 0.2) is 40.8 Å². The first-order valence-corrected chi connectivity index (χ1v) is 6.86. The molecule has 3 rings (SSSR count).